The van der Waals surface area contributed by atoms with Crippen LogP contribution in [0, 0.1) is 0 Å². The first-order valence-corrected chi connectivity index (χ1v) is 6.11. The van der Waals surface area contributed by atoms with Crippen molar-refractivity contribution in [2.75, 3.05) is 27.7 Å². The van der Waals surface area contributed by atoms with Gasteiger partial charge in [-0.3, -0.25) is 9.59 Å². The molecule has 0 aliphatic rings. The molecule has 18 heavy (non-hydrogen) atoms. The number of rotatable bonds is 9. The number of hydrogen-bond donors (Lipinski definition) is 1. The minimum atomic E-state index is -1.97. The molecule has 0 amide bonds. The van der Waals surface area contributed by atoms with Gasteiger partial charge >= 0.3 is 11.9 Å². The van der Waals surface area contributed by atoms with Crippen LogP contribution >= 0.6 is 0 Å². The number of quaternary nitrogens is 1. The predicted molar refractivity (Wildman–Crippen MR) is 69.2 cm³/mol. The Balaban J connectivity index is 4.18. The van der Waals surface area contributed by atoms with Crippen LogP contribution in [0.25, 0.3) is 0 Å². The Morgan fingerprint density at radius 3 is 2.50 bits per heavy atom. The number of carbonyl (C=O) groups is 2. The van der Waals surface area contributed by atoms with E-state index in [9.17, 15) is 9.59 Å². The highest BCUT2D eigenvalue weighted by molar-refractivity contribution is 5.71. The van der Waals surface area contributed by atoms with Crippen LogP contribution in [0.15, 0.2) is 0 Å². The lowest BCUT2D eigenvalue weighted by Crippen LogP contribution is -2.43. The van der Waals surface area contributed by atoms with Crippen molar-refractivity contribution in [3.8, 4) is 0 Å². The lowest BCUT2D eigenvalue weighted by molar-refractivity contribution is -0.873. The summed E-state index contributed by atoms with van der Waals surface area (Å²) in [5, 5.41) is 8.84. The van der Waals surface area contributed by atoms with Crippen LogP contribution in [0.4, 0.5) is 0 Å². The molecule has 0 saturated carbocycles. The van der Waals surface area contributed by atoms with Crippen molar-refractivity contribution in [3.63, 3.8) is 0 Å². The number of likely N-dealkylation sites (N-methyl/N-ethyl adjacent to an activating group) is 1. The minimum Gasteiger partial charge on any atom is -0.481 e. The van der Waals surface area contributed by atoms with E-state index in [1.165, 1.54) is 0 Å². The smallest absolute Gasteiger partial charge is 0.307 e. The Morgan fingerprint density at radius 2 is 2.00 bits per heavy atom. The maximum absolute atomic E-state index is 11.7. The van der Waals surface area contributed by atoms with Crippen LogP contribution in [0.3, 0.4) is 0 Å². The van der Waals surface area contributed by atoms with Crippen LogP contribution < -0.4 is 0 Å². The third kappa shape index (κ3) is 10.1. The fraction of sp³-hybridized carbons (Fsp3) is 0.846. The topological polar surface area (TPSA) is 63.6 Å². The summed E-state index contributed by atoms with van der Waals surface area (Å²) >= 11 is 0. The second-order valence-corrected chi connectivity index (χ2v) is 5.39. The van der Waals surface area contributed by atoms with Crippen molar-refractivity contribution in [3.05, 3.63) is 0 Å². The molecule has 0 radical (unpaired) electrons. The third-order valence-electron chi connectivity index (χ3n) is 2.26. The second kappa shape index (κ2) is 8.08. The van der Waals surface area contributed by atoms with E-state index in [-0.39, 0.29) is 19.3 Å². The number of ether oxygens (including phenoxy) is 1. The first kappa shape index (κ1) is 12.0. The Kier molecular flexibility index (Phi) is 5.37. The molecule has 0 aromatic rings. The Labute approximate surface area is 114 Å². The van der Waals surface area contributed by atoms with E-state index in [1.54, 1.807) is 0 Å². The zero-order valence-electron chi connectivity index (χ0n) is 14.4. The largest absolute Gasteiger partial charge is 0.481 e. The van der Waals surface area contributed by atoms with Gasteiger partial charge in [-0.15, -0.1) is 0 Å². The number of carboxylic acids is 1. The van der Waals surface area contributed by atoms with Gasteiger partial charge in [0.2, 0.25) is 0 Å². The van der Waals surface area contributed by atoms with Gasteiger partial charge in [0.1, 0.15) is 6.54 Å². The van der Waals surface area contributed by atoms with E-state index in [4.69, 9.17) is 14.0 Å². The number of carbonyl (C=O) groups excluding carboxylic acids is 1. The SMILES string of the molecule is [2H]C([2H])([2H])CCCCC(=O)O[C@H](CC(=O)O)C[N+](C)(C)C. The number of hydrogen-bond acceptors (Lipinski definition) is 3. The van der Waals surface area contributed by atoms with Gasteiger partial charge in [0.05, 0.1) is 27.6 Å². The van der Waals surface area contributed by atoms with Gasteiger partial charge in [-0.1, -0.05) is 19.7 Å². The van der Waals surface area contributed by atoms with Gasteiger partial charge in [0.15, 0.2) is 6.10 Å². The summed E-state index contributed by atoms with van der Waals surface area (Å²) < 4.78 is 26.9. The molecule has 0 bridgehead atoms. The van der Waals surface area contributed by atoms with E-state index in [1.807, 2.05) is 21.1 Å². The standard InChI is InChI=1S/C13H25NO4/c1-5-6-7-8-13(17)18-11(9-12(15)16)10-14(2,3)4/h11H,5-10H2,1-4H3/p+1/t11-/m1/s1/i1D3. The van der Waals surface area contributed by atoms with Crippen LogP contribution in [0.1, 0.15) is 43.1 Å². The molecular weight excluding hydrogens is 234 g/mol. The molecule has 5 heteroatoms. The summed E-state index contributed by atoms with van der Waals surface area (Å²) in [4.78, 5) is 22.5. The predicted octanol–water partition coefficient (Wildman–Crippen LogP) is 1.66. The fourth-order valence-electron chi connectivity index (χ4n) is 1.59. The molecule has 1 atom stereocenters. The number of nitrogens with zero attached hydrogens (tertiary/aromatic N) is 1. The molecule has 0 unspecified atom stereocenters. The molecule has 0 aromatic heterocycles. The average molecular weight is 263 g/mol. The number of aliphatic carboxylic acids is 1. The van der Waals surface area contributed by atoms with Crippen LogP contribution in [-0.2, 0) is 14.3 Å². The quantitative estimate of drug-likeness (QED) is 0.390. The maximum Gasteiger partial charge on any atom is 0.307 e. The van der Waals surface area contributed by atoms with Crippen molar-refractivity contribution >= 4 is 11.9 Å². The first-order chi connectivity index (χ1) is 9.39. The van der Waals surface area contributed by atoms with Crippen molar-refractivity contribution < 1.29 is 28.0 Å². The lowest BCUT2D eigenvalue weighted by Gasteiger charge is -2.28. The summed E-state index contributed by atoms with van der Waals surface area (Å²) in [6.45, 7) is -1.56. The van der Waals surface area contributed by atoms with E-state index in [2.05, 4.69) is 0 Å². The van der Waals surface area contributed by atoms with Crippen molar-refractivity contribution in [1.29, 1.82) is 0 Å². The maximum atomic E-state index is 11.7. The molecule has 1 N–H and O–H groups in total. The van der Waals surface area contributed by atoms with Gasteiger partial charge in [-0.05, 0) is 6.42 Å². The summed E-state index contributed by atoms with van der Waals surface area (Å²) in [5.74, 6) is -1.48. The molecule has 0 spiro atoms. The molecule has 5 nitrogen and oxygen atoms in total. The second-order valence-electron chi connectivity index (χ2n) is 5.39. The fourth-order valence-corrected chi connectivity index (χ4v) is 1.59. The molecule has 0 saturated heterocycles. The van der Waals surface area contributed by atoms with Gasteiger partial charge < -0.3 is 14.3 Å². The molecule has 0 rings (SSSR count). The molecule has 106 valence electrons. The molecule has 0 aliphatic carbocycles. The van der Waals surface area contributed by atoms with Gasteiger partial charge in [-0.25, -0.2) is 0 Å². The molecular formula is C13H26NO4+. The Bertz CT molecular complexity index is 350. The highest BCUT2D eigenvalue weighted by Crippen LogP contribution is 2.08. The third-order valence-corrected chi connectivity index (χ3v) is 2.26. The minimum absolute atomic E-state index is 0.0672. The molecule has 0 heterocycles. The average Bonchev–Trinajstić information content (AvgIpc) is 2.19. The first-order valence-electron chi connectivity index (χ1n) is 7.61. The molecule has 0 aliphatic heterocycles. The zero-order valence-corrected chi connectivity index (χ0v) is 11.4. The van der Waals surface area contributed by atoms with Crippen molar-refractivity contribution in [2.45, 2.75) is 45.1 Å². The van der Waals surface area contributed by atoms with E-state index in [0.717, 1.165) is 0 Å². The molecule has 0 aromatic carbocycles. The van der Waals surface area contributed by atoms with Gasteiger partial charge in [0.25, 0.3) is 0 Å². The van der Waals surface area contributed by atoms with Crippen molar-refractivity contribution in [1.82, 2.24) is 0 Å². The summed E-state index contributed by atoms with van der Waals surface area (Å²) in [7, 11) is 5.66. The summed E-state index contributed by atoms with van der Waals surface area (Å²) in [6, 6.07) is 0. The highest BCUT2D eigenvalue weighted by atomic mass is 16.5. The summed E-state index contributed by atoms with van der Waals surface area (Å²) in [6.07, 6.45) is 0.140. The van der Waals surface area contributed by atoms with E-state index >= 15 is 0 Å². The Hall–Kier alpha value is -1.10. The van der Waals surface area contributed by atoms with Gasteiger partial charge in [-0.2, -0.15) is 0 Å². The van der Waals surface area contributed by atoms with Crippen molar-refractivity contribution in [2.24, 2.45) is 0 Å². The lowest BCUT2D eigenvalue weighted by atomic mass is 10.2. The summed E-state index contributed by atoms with van der Waals surface area (Å²) in [5.41, 5.74) is 0. The molecule has 0 fully saturated rings. The van der Waals surface area contributed by atoms with E-state index < -0.39 is 24.9 Å². The highest BCUT2D eigenvalue weighted by Gasteiger charge is 2.24. The number of unbranched alkanes of at least 4 members (excludes halogenated alkanes) is 1. The normalized spacial score (nSPS) is 16.3. The Morgan fingerprint density at radius 1 is 1.33 bits per heavy atom. The van der Waals surface area contributed by atoms with Crippen LogP contribution in [0.2, 0.25) is 0 Å². The van der Waals surface area contributed by atoms with Crippen LogP contribution in [0.5, 0.6) is 0 Å². The van der Waals surface area contributed by atoms with Gasteiger partial charge in [0, 0.05) is 10.5 Å². The monoisotopic (exact) mass is 263 g/mol. The number of esters is 1. The number of carboxylic acid groups (broad SMARTS) is 1. The van der Waals surface area contributed by atoms with E-state index in [0.29, 0.717) is 23.9 Å². The van der Waals surface area contributed by atoms with Crippen LogP contribution in [-0.4, -0.2) is 55.3 Å². The zero-order chi connectivity index (χ0) is 16.7.